The molecule has 8 nitrogen and oxygen atoms in total. The second kappa shape index (κ2) is 13.4. The molecule has 0 amide bonds. The van der Waals surface area contributed by atoms with Gasteiger partial charge in [-0.25, -0.2) is 9.78 Å². The molecule has 0 aliphatic rings. The fourth-order valence-corrected chi connectivity index (χ4v) is 4.21. The molecule has 0 N–H and O–H groups in total. The number of carbonyl (C=O) groups is 1. The molecule has 3 aromatic rings. The van der Waals surface area contributed by atoms with E-state index in [0.717, 1.165) is 16.5 Å². The lowest BCUT2D eigenvalue weighted by Gasteiger charge is -2.20. The maximum absolute atomic E-state index is 13.5. The zero-order valence-corrected chi connectivity index (χ0v) is 24.1. The van der Waals surface area contributed by atoms with Gasteiger partial charge >= 0.3 is 5.97 Å². The molecule has 0 radical (unpaired) electrons. The highest BCUT2D eigenvalue weighted by Crippen LogP contribution is 2.34. The molecular weight excluding hydrogens is 550 g/mol. The van der Waals surface area contributed by atoms with Gasteiger partial charge in [-0.3, -0.25) is 4.79 Å². The molecule has 0 aliphatic carbocycles. The average Bonchev–Trinajstić information content (AvgIpc) is 2.90. The Morgan fingerprint density at radius 2 is 1.95 bits per heavy atom. The summed E-state index contributed by atoms with van der Waals surface area (Å²) in [4.78, 5) is 30.4. The highest BCUT2D eigenvalue weighted by atomic mass is 79.9. The van der Waals surface area contributed by atoms with Crippen LogP contribution in [-0.2, 0) is 16.0 Å². The highest BCUT2D eigenvalue weighted by molar-refractivity contribution is 9.10. The lowest BCUT2D eigenvalue weighted by molar-refractivity contribution is -0.150. The molecular formula is C29H34BrN3O5. The number of halogens is 1. The minimum absolute atomic E-state index is 0.0170. The van der Waals surface area contributed by atoms with Gasteiger partial charge in [0.2, 0.25) is 0 Å². The van der Waals surface area contributed by atoms with Crippen LogP contribution in [0.1, 0.15) is 63.9 Å². The second-order valence-corrected chi connectivity index (χ2v) is 9.66. The van der Waals surface area contributed by atoms with Gasteiger partial charge < -0.3 is 14.2 Å². The molecule has 0 saturated heterocycles. The third-order valence-corrected chi connectivity index (χ3v) is 6.43. The number of ether oxygens (including phenoxy) is 3. The molecule has 2 atom stereocenters. The Labute approximate surface area is 231 Å². The molecule has 0 fully saturated rings. The van der Waals surface area contributed by atoms with E-state index in [0.29, 0.717) is 46.8 Å². The van der Waals surface area contributed by atoms with E-state index in [9.17, 15) is 9.59 Å². The predicted molar refractivity (Wildman–Crippen MR) is 154 cm³/mol. The molecule has 9 heteroatoms. The topological polar surface area (TPSA) is 92.0 Å². The molecule has 0 unspecified atom stereocenters. The third-order valence-electron chi connectivity index (χ3n) is 5.94. The third kappa shape index (κ3) is 6.69. The van der Waals surface area contributed by atoms with Crippen LogP contribution in [0.5, 0.6) is 11.5 Å². The van der Waals surface area contributed by atoms with Crippen molar-refractivity contribution in [1.29, 1.82) is 0 Å². The quantitative estimate of drug-likeness (QED) is 0.147. The maximum Gasteiger partial charge on any atom is 0.347 e. The summed E-state index contributed by atoms with van der Waals surface area (Å²) in [5, 5.41) is 5.05. The molecule has 2 aromatic carbocycles. The molecule has 0 saturated carbocycles. The van der Waals surface area contributed by atoms with Gasteiger partial charge in [-0.2, -0.15) is 9.78 Å². The zero-order chi connectivity index (χ0) is 27.8. The highest BCUT2D eigenvalue weighted by Gasteiger charge is 2.21. The van der Waals surface area contributed by atoms with Crippen LogP contribution < -0.4 is 15.0 Å². The van der Waals surface area contributed by atoms with Crippen LogP contribution in [0.2, 0.25) is 0 Å². The van der Waals surface area contributed by atoms with Crippen LogP contribution in [0.25, 0.3) is 10.9 Å². The molecule has 0 spiro atoms. The van der Waals surface area contributed by atoms with Gasteiger partial charge in [0, 0.05) is 16.0 Å². The van der Waals surface area contributed by atoms with Crippen molar-refractivity contribution in [2.75, 3.05) is 13.2 Å². The van der Waals surface area contributed by atoms with Crippen LogP contribution >= 0.6 is 15.9 Å². The number of rotatable bonds is 12. The van der Waals surface area contributed by atoms with E-state index in [1.807, 2.05) is 39.0 Å². The lowest BCUT2D eigenvalue weighted by atomic mass is 10.1. The molecule has 3 rings (SSSR count). The summed E-state index contributed by atoms with van der Waals surface area (Å²) in [7, 11) is 0. The van der Waals surface area contributed by atoms with Gasteiger partial charge in [0.25, 0.3) is 5.56 Å². The Bertz CT molecular complexity index is 1400. The minimum atomic E-state index is -0.822. The molecule has 0 bridgehead atoms. The van der Waals surface area contributed by atoms with Crippen molar-refractivity contribution < 1.29 is 19.0 Å². The van der Waals surface area contributed by atoms with E-state index in [-0.39, 0.29) is 18.1 Å². The van der Waals surface area contributed by atoms with Gasteiger partial charge in [-0.1, -0.05) is 35.9 Å². The average molecular weight is 585 g/mol. The number of esters is 1. The van der Waals surface area contributed by atoms with E-state index in [4.69, 9.17) is 19.2 Å². The summed E-state index contributed by atoms with van der Waals surface area (Å²) in [6.07, 6.45) is 3.79. The van der Waals surface area contributed by atoms with Gasteiger partial charge in [-0.15, -0.1) is 6.58 Å². The van der Waals surface area contributed by atoms with Crippen LogP contribution in [0, 0.1) is 0 Å². The molecule has 1 heterocycles. The molecule has 1 aromatic heterocycles. The normalized spacial score (nSPS) is 12.9. The fraction of sp³-hybridized carbons (Fsp3) is 0.379. The number of fused-ring (bicyclic) bond motifs is 1. The smallest absolute Gasteiger partial charge is 0.347 e. The molecule has 202 valence electrons. The van der Waals surface area contributed by atoms with Crippen LogP contribution in [0.15, 0.2) is 57.4 Å². The van der Waals surface area contributed by atoms with Crippen molar-refractivity contribution in [3.05, 3.63) is 74.8 Å². The number of allylic oxidation sites excluding steroid dienone is 1. The second-order valence-electron chi connectivity index (χ2n) is 8.75. The van der Waals surface area contributed by atoms with E-state index in [1.54, 1.807) is 38.3 Å². The Morgan fingerprint density at radius 3 is 2.61 bits per heavy atom. The van der Waals surface area contributed by atoms with E-state index in [1.165, 1.54) is 4.68 Å². The summed E-state index contributed by atoms with van der Waals surface area (Å²) in [5.41, 5.74) is 1.84. The van der Waals surface area contributed by atoms with Crippen LogP contribution in [0.4, 0.5) is 0 Å². The number of hydrogen-bond donors (Lipinski definition) is 0. The SMILES string of the molecule is C=CCc1cc(C=Nn2c([C@H](C)CC)nc3ccc(Br)cc3c2=O)cc(OCC)c1O[C@H](C)C(=O)OCC. The number of benzene rings is 2. The minimum Gasteiger partial charge on any atom is -0.490 e. The standard InChI is InChI=1S/C29H34BrN3O5/c1-7-11-21-14-20(15-25(36-9-3)26(21)38-19(6)29(35)37-10-4)17-31-33-27(18(5)8-2)32-24-13-12-22(30)16-23(24)28(33)34/h7,12-19H,1,8-11H2,2-6H3/t18-,19-/m1/s1. The van der Waals surface area contributed by atoms with Gasteiger partial charge in [0.15, 0.2) is 17.6 Å². The predicted octanol–water partition coefficient (Wildman–Crippen LogP) is 6.01. The summed E-state index contributed by atoms with van der Waals surface area (Å²) in [5.74, 6) is 1.04. The summed E-state index contributed by atoms with van der Waals surface area (Å²) >= 11 is 3.44. The zero-order valence-electron chi connectivity index (χ0n) is 22.5. The maximum atomic E-state index is 13.5. The summed E-state index contributed by atoms with van der Waals surface area (Å²) in [6, 6.07) is 9.09. The largest absolute Gasteiger partial charge is 0.490 e. The first kappa shape index (κ1) is 29.1. The van der Waals surface area contributed by atoms with Crippen molar-refractivity contribution in [3.8, 4) is 11.5 Å². The number of hydrogen-bond acceptors (Lipinski definition) is 7. The summed E-state index contributed by atoms with van der Waals surface area (Å²) < 4.78 is 19.1. The van der Waals surface area contributed by atoms with Crippen LogP contribution in [0.3, 0.4) is 0 Å². The van der Waals surface area contributed by atoms with E-state index in [2.05, 4.69) is 27.6 Å². The Hall–Kier alpha value is -3.46. The van der Waals surface area contributed by atoms with Gasteiger partial charge in [-0.05, 0) is 69.5 Å². The van der Waals surface area contributed by atoms with Crippen molar-refractivity contribution >= 4 is 39.0 Å². The van der Waals surface area contributed by atoms with Crippen molar-refractivity contribution in [2.24, 2.45) is 5.10 Å². The Balaban J connectivity index is 2.12. The van der Waals surface area contributed by atoms with E-state index < -0.39 is 12.1 Å². The first-order valence-corrected chi connectivity index (χ1v) is 13.5. The summed E-state index contributed by atoms with van der Waals surface area (Å²) in [6.45, 7) is 13.8. The molecule has 0 aliphatic heterocycles. The first-order chi connectivity index (χ1) is 18.2. The molecule has 38 heavy (non-hydrogen) atoms. The van der Waals surface area contributed by atoms with Gasteiger partial charge in [0.05, 0.1) is 30.3 Å². The van der Waals surface area contributed by atoms with Crippen molar-refractivity contribution in [3.63, 3.8) is 0 Å². The first-order valence-electron chi connectivity index (χ1n) is 12.7. The van der Waals surface area contributed by atoms with Gasteiger partial charge in [0.1, 0.15) is 5.82 Å². The Morgan fingerprint density at radius 1 is 1.18 bits per heavy atom. The Kier molecular flexibility index (Phi) is 10.2. The van der Waals surface area contributed by atoms with Crippen molar-refractivity contribution in [2.45, 2.75) is 59.5 Å². The number of carbonyl (C=O) groups excluding carboxylic acids is 1. The lowest BCUT2D eigenvalue weighted by Crippen LogP contribution is -2.26. The number of nitrogens with zero attached hydrogens (tertiary/aromatic N) is 3. The monoisotopic (exact) mass is 583 g/mol. The van der Waals surface area contributed by atoms with Crippen LogP contribution in [-0.4, -0.2) is 41.2 Å². The van der Waals surface area contributed by atoms with Crippen molar-refractivity contribution in [1.82, 2.24) is 9.66 Å². The number of aromatic nitrogens is 2. The van der Waals surface area contributed by atoms with E-state index >= 15 is 0 Å². The fourth-order valence-electron chi connectivity index (χ4n) is 3.85.